The fraction of sp³-hybridized carbons (Fsp3) is 1.00. The van der Waals surface area contributed by atoms with Crippen molar-refractivity contribution in [2.45, 2.75) is 43.9 Å². The number of hydrogen-bond donors (Lipinski definition) is 0. The van der Waals surface area contributed by atoms with Gasteiger partial charge in [0.2, 0.25) is 0 Å². The highest BCUT2D eigenvalue weighted by Crippen LogP contribution is 2.34. The smallest absolute Gasteiger partial charge is 0.0959 e. The lowest BCUT2D eigenvalue weighted by Crippen LogP contribution is -2.41. The van der Waals surface area contributed by atoms with E-state index in [4.69, 9.17) is 0 Å². The van der Waals surface area contributed by atoms with E-state index in [9.17, 15) is 5.11 Å². The van der Waals surface area contributed by atoms with E-state index in [1.54, 1.807) is 0 Å². The molecule has 2 rings (SSSR count). The van der Waals surface area contributed by atoms with Crippen LogP contribution in [0.2, 0.25) is 0 Å². The van der Waals surface area contributed by atoms with Gasteiger partial charge in [0, 0.05) is 12.1 Å². The van der Waals surface area contributed by atoms with Crippen LogP contribution in [-0.2, 0) is 5.11 Å². The minimum Gasteiger partial charge on any atom is -0.300 e. The summed E-state index contributed by atoms with van der Waals surface area (Å²) in [6.07, 6.45) is 4.06. The van der Waals surface area contributed by atoms with Crippen molar-refractivity contribution in [2.24, 2.45) is 0 Å². The molecule has 1 radical (unpaired) electrons. The first-order valence-electron chi connectivity index (χ1n) is 4.15. The summed E-state index contributed by atoms with van der Waals surface area (Å²) >= 11 is 0. The molecule has 2 aliphatic heterocycles. The summed E-state index contributed by atoms with van der Waals surface area (Å²) in [5, 5.41) is 11.1. The van der Waals surface area contributed by atoms with E-state index in [2.05, 4.69) is 11.9 Å². The van der Waals surface area contributed by atoms with Gasteiger partial charge in [0.25, 0.3) is 0 Å². The van der Waals surface area contributed by atoms with Crippen LogP contribution in [0.25, 0.3) is 0 Å². The second-order valence-electron chi connectivity index (χ2n) is 3.64. The third kappa shape index (κ3) is 0.867. The highest BCUT2D eigenvalue weighted by Gasteiger charge is 2.38. The van der Waals surface area contributed by atoms with Gasteiger partial charge in [0.1, 0.15) is 0 Å². The summed E-state index contributed by atoms with van der Waals surface area (Å²) in [6.45, 7) is 0. The Hall–Kier alpha value is -0.0800. The molecule has 0 amide bonds. The van der Waals surface area contributed by atoms with Gasteiger partial charge in [0.05, 0.1) is 6.10 Å². The Bertz CT molecular complexity index is 123. The summed E-state index contributed by atoms with van der Waals surface area (Å²) in [4.78, 5) is 2.40. The summed E-state index contributed by atoms with van der Waals surface area (Å²) in [5.41, 5.74) is 0. The molecule has 2 heterocycles. The van der Waals surface area contributed by atoms with Crippen molar-refractivity contribution < 1.29 is 5.11 Å². The SMILES string of the molecule is CN1[C@@H]2CC[C@H]1C[C@@H]([O])C2. The summed E-state index contributed by atoms with van der Waals surface area (Å²) in [6, 6.07) is 1.25. The first kappa shape index (κ1) is 6.62. The molecule has 0 aromatic carbocycles. The lowest BCUT2D eigenvalue weighted by atomic mass is 10.0. The maximum Gasteiger partial charge on any atom is 0.0959 e. The van der Waals surface area contributed by atoms with E-state index >= 15 is 0 Å². The quantitative estimate of drug-likeness (QED) is 0.493. The van der Waals surface area contributed by atoms with Crippen LogP contribution in [-0.4, -0.2) is 30.1 Å². The molecule has 2 fully saturated rings. The molecular weight excluding hydrogens is 126 g/mol. The third-order valence-corrected chi connectivity index (χ3v) is 3.05. The van der Waals surface area contributed by atoms with Gasteiger partial charge in [-0.25, -0.2) is 5.11 Å². The van der Waals surface area contributed by atoms with Gasteiger partial charge in [0.15, 0.2) is 0 Å². The summed E-state index contributed by atoms with van der Waals surface area (Å²) in [7, 11) is 2.16. The van der Waals surface area contributed by atoms with Gasteiger partial charge in [-0.15, -0.1) is 0 Å². The van der Waals surface area contributed by atoms with Crippen LogP contribution in [0.5, 0.6) is 0 Å². The Morgan fingerprint density at radius 3 is 2.20 bits per heavy atom. The van der Waals surface area contributed by atoms with Crippen LogP contribution in [0.15, 0.2) is 0 Å². The average Bonchev–Trinajstić information content (AvgIpc) is 2.20. The normalized spacial score (nSPS) is 48.0. The summed E-state index contributed by atoms with van der Waals surface area (Å²) in [5.74, 6) is 0. The number of rotatable bonds is 0. The lowest BCUT2D eigenvalue weighted by molar-refractivity contribution is 0.00359. The van der Waals surface area contributed by atoms with Crippen molar-refractivity contribution in [3.63, 3.8) is 0 Å². The zero-order valence-corrected chi connectivity index (χ0v) is 6.42. The standard InChI is InChI=1S/C8H14NO/c1-9-6-2-3-7(9)5-8(10)4-6/h6-8H,2-5H2,1H3/t6-,7+,8+. The molecule has 10 heavy (non-hydrogen) atoms. The van der Waals surface area contributed by atoms with Crippen molar-refractivity contribution in [3.8, 4) is 0 Å². The molecule has 0 aromatic heterocycles. The monoisotopic (exact) mass is 140 g/mol. The minimum absolute atomic E-state index is 0.256. The van der Waals surface area contributed by atoms with Crippen molar-refractivity contribution >= 4 is 0 Å². The van der Waals surface area contributed by atoms with E-state index in [-0.39, 0.29) is 6.10 Å². The molecule has 0 spiro atoms. The maximum atomic E-state index is 11.1. The van der Waals surface area contributed by atoms with E-state index in [1.807, 2.05) is 0 Å². The predicted molar refractivity (Wildman–Crippen MR) is 38.3 cm³/mol. The first-order chi connectivity index (χ1) is 4.77. The van der Waals surface area contributed by atoms with Gasteiger partial charge >= 0.3 is 0 Å². The topological polar surface area (TPSA) is 23.1 Å². The van der Waals surface area contributed by atoms with Crippen molar-refractivity contribution in [3.05, 3.63) is 0 Å². The molecule has 3 atom stereocenters. The molecule has 0 aromatic rings. The van der Waals surface area contributed by atoms with Crippen molar-refractivity contribution in [1.29, 1.82) is 0 Å². The fourth-order valence-electron chi connectivity index (χ4n) is 2.36. The van der Waals surface area contributed by atoms with E-state index in [0.29, 0.717) is 12.1 Å². The fourth-order valence-corrected chi connectivity index (χ4v) is 2.36. The largest absolute Gasteiger partial charge is 0.300 e. The van der Waals surface area contributed by atoms with Crippen LogP contribution in [0.3, 0.4) is 0 Å². The number of fused-ring (bicyclic) bond motifs is 2. The van der Waals surface area contributed by atoms with E-state index in [1.165, 1.54) is 12.8 Å². The molecule has 0 N–H and O–H groups in total. The number of nitrogens with zero attached hydrogens (tertiary/aromatic N) is 1. The molecule has 57 valence electrons. The van der Waals surface area contributed by atoms with Crippen LogP contribution < -0.4 is 0 Å². The van der Waals surface area contributed by atoms with Crippen LogP contribution in [0.4, 0.5) is 0 Å². The molecular formula is C8H14NO. The first-order valence-corrected chi connectivity index (χ1v) is 4.15. The van der Waals surface area contributed by atoms with Crippen LogP contribution in [0.1, 0.15) is 25.7 Å². The third-order valence-electron chi connectivity index (χ3n) is 3.05. The molecule has 2 nitrogen and oxygen atoms in total. The Balaban J connectivity index is 2.09. The molecule has 2 aliphatic rings. The van der Waals surface area contributed by atoms with E-state index < -0.39 is 0 Å². The molecule has 0 saturated carbocycles. The van der Waals surface area contributed by atoms with Gasteiger partial charge < -0.3 is 4.90 Å². The highest BCUT2D eigenvalue weighted by molar-refractivity contribution is 4.92. The van der Waals surface area contributed by atoms with Crippen molar-refractivity contribution in [1.82, 2.24) is 4.90 Å². The Morgan fingerprint density at radius 2 is 1.70 bits per heavy atom. The Morgan fingerprint density at radius 1 is 1.20 bits per heavy atom. The number of piperidine rings is 1. The highest BCUT2D eigenvalue weighted by atomic mass is 16.3. The molecule has 2 bridgehead atoms. The number of hydrogen-bond acceptors (Lipinski definition) is 1. The second kappa shape index (κ2) is 2.21. The molecule has 0 aliphatic carbocycles. The minimum atomic E-state index is -0.256. The van der Waals surface area contributed by atoms with Crippen LogP contribution >= 0.6 is 0 Å². The second-order valence-corrected chi connectivity index (χ2v) is 3.64. The zero-order valence-electron chi connectivity index (χ0n) is 6.42. The van der Waals surface area contributed by atoms with Gasteiger partial charge in [-0.1, -0.05) is 0 Å². The van der Waals surface area contributed by atoms with Gasteiger partial charge in [-0.3, -0.25) is 0 Å². The van der Waals surface area contributed by atoms with Crippen LogP contribution in [0, 0.1) is 0 Å². The lowest BCUT2D eigenvalue weighted by Gasteiger charge is -2.32. The molecule has 0 unspecified atom stereocenters. The Labute approximate surface area is 61.8 Å². The molecule has 2 heteroatoms. The Kier molecular flexibility index (Phi) is 1.46. The van der Waals surface area contributed by atoms with Crippen molar-refractivity contribution in [2.75, 3.05) is 7.05 Å². The van der Waals surface area contributed by atoms with Gasteiger partial charge in [-0.2, -0.15) is 0 Å². The zero-order chi connectivity index (χ0) is 7.14. The average molecular weight is 140 g/mol. The summed E-state index contributed by atoms with van der Waals surface area (Å²) < 4.78 is 0. The molecule has 2 saturated heterocycles. The van der Waals surface area contributed by atoms with E-state index in [0.717, 1.165) is 12.8 Å². The van der Waals surface area contributed by atoms with Gasteiger partial charge in [-0.05, 0) is 32.7 Å². The predicted octanol–water partition coefficient (Wildman–Crippen LogP) is 1.04. The maximum absolute atomic E-state index is 11.1.